The van der Waals surface area contributed by atoms with Gasteiger partial charge in [0.25, 0.3) is 11.8 Å². The summed E-state index contributed by atoms with van der Waals surface area (Å²) in [5, 5.41) is 8.07. The number of amides is 3. The molecule has 0 spiro atoms. The lowest BCUT2D eigenvalue weighted by Gasteiger charge is -2.13. The molecule has 4 aromatic rings. The highest BCUT2D eigenvalue weighted by atomic mass is 32.2. The van der Waals surface area contributed by atoms with Crippen LogP contribution in [0.2, 0.25) is 0 Å². The van der Waals surface area contributed by atoms with E-state index < -0.39 is 11.8 Å². The Balaban J connectivity index is 1.45. The second-order valence-corrected chi connectivity index (χ2v) is 10.0. The SMILES string of the molecule is COc1cccc(/C=C(\NC(=O)c2ccccc2)C(=O)Nc2ccc(SC(C)C(=O)Nc3ccncc3)cc2)c1. The Morgan fingerprint density at radius 3 is 2.25 bits per heavy atom. The number of methoxy groups -OCH3 is 1. The van der Waals surface area contributed by atoms with E-state index in [1.54, 1.807) is 92.3 Å². The van der Waals surface area contributed by atoms with Gasteiger partial charge in [-0.25, -0.2) is 0 Å². The molecule has 1 heterocycles. The Bertz CT molecular complexity index is 1490. The van der Waals surface area contributed by atoms with E-state index in [1.807, 2.05) is 31.2 Å². The Kier molecular flexibility index (Phi) is 9.68. The Hall–Kier alpha value is -4.89. The van der Waals surface area contributed by atoms with E-state index in [-0.39, 0.29) is 16.9 Å². The van der Waals surface area contributed by atoms with Crippen LogP contribution >= 0.6 is 11.8 Å². The molecule has 4 rings (SSSR count). The standard InChI is InChI=1S/C31H28N4O4S/c1-21(29(36)33-25-15-17-32-18-16-25)40-27-13-11-24(12-14-27)34-31(38)28(20-22-7-6-10-26(19-22)39-2)35-30(37)23-8-4-3-5-9-23/h3-21H,1-2H3,(H,34,38)(H,35,37)(H,32,33,36)/b28-20-. The van der Waals surface area contributed by atoms with Crippen molar-refractivity contribution in [1.29, 1.82) is 0 Å². The molecule has 0 saturated heterocycles. The molecule has 1 aromatic heterocycles. The maximum absolute atomic E-state index is 13.3. The van der Waals surface area contributed by atoms with Crippen LogP contribution in [0.5, 0.6) is 5.75 Å². The zero-order chi connectivity index (χ0) is 28.3. The molecule has 8 nitrogen and oxygen atoms in total. The molecule has 3 N–H and O–H groups in total. The molecule has 0 aliphatic heterocycles. The lowest BCUT2D eigenvalue weighted by molar-refractivity contribution is -0.115. The molecule has 40 heavy (non-hydrogen) atoms. The summed E-state index contributed by atoms with van der Waals surface area (Å²) in [7, 11) is 1.56. The third kappa shape index (κ3) is 8.05. The van der Waals surface area contributed by atoms with E-state index in [0.29, 0.717) is 28.3 Å². The summed E-state index contributed by atoms with van der Waals surface area (Å²) in [6.07, 6.45) is 4.82. The van der Waals surface area contributed by atoms with Crippen LogP contribution < -0.4 is 20.7 Å². The summed E-state index contributed by atoms with van der Waals surface area (Å²) >= 11 is 1.40. The summed E-state index contributed by atoms with van der Waals surface area (Å²) in [5.41, 5.74) is 2.40. The number of carbonyl (C=O) groups excluding carboxylic acids is 3. The minimum atomic E-state index is -0.488. The van der Waals surface area contributed by atoms with Gasteiger partial charge in [-0.3, -0.25) is 19.4 Å². The van der Waals surface area contributed by atoms with Gasteiger partial charge >= 0.3 is 0 Å². The highest BCUT2D eigenvalue weighted by molar-refractivity contribution is 8.00. The van der Waals surface area contributed by atoms with Crippen molar-refractivity contribution < 1.29 is 19.1 Å². The minimum Gasteiger partial charge on any atom is -0.497 e. The van der Waals surface area contributed by atoms with Gasteiger partial charge in [0, 0.05) is 34.2 Å². The lowest BCUT2D eigenvalue weighted by atomic mass is 10.1. The number of aromatic nitrogens is 1. The number of nitrogens with zero attached hydrogens (tertiary/aromatic N) is 1. The van der Waals surface area contributed by atoms with E-state index in [9.17, 15) is 14.4 Å². The summed E-state index contributed by atoms with van der Waals surface area (Å²) in [5.74, 6) is -0.400. The predicted octanol–water partition coefficient (Wildman–Crippen LogP) is 5.62. The number of ether oxygens (including phenoxy) is 1. The smallest absolute Gasteiger partial charge is 0.272 e. The number of anilines is 2. The zero-order valence-corrected chi connectivity index (χ0v) is 22.8. The van der Waals surface area contributed by atoms with Gasteiger partial charge < -0.3 is 20.7 Å². The molecule has 0 aliphatic rings. The molecule has 202 valence electrons. The number of carbonyl (C=O) groups is 3. The summed E-state index contributed by atoms with van der Waals surface area (Å²) < 4.78 is 5.28. The second-order valence-electron chi connectivity index (χ2n) is 8.62. The first kappa shape index (κ1) is 28.1. The van der Waals surface area contributed by atoms with E-state index >= 15 is 0 Å². The van der Waals surface area contributed by atoms with Crippen LogP contribution in [0.3, 0.4) is 0 Å². The van der Waals surface area contributed by atoms with Crippen LogP contribution in [0, 0.1) is 0 Å². The van der Waals surface area contributed by atoms with Gasteiger partial charge in [-0.1, -0.05) is 30.3 Å². The van der Waals surface area contributed by atoms with E-state index in [0.717, 1.165) is 4.90 Å². The zero-order valence-electron chi connectivity index (χ0n) is 22.0. The van der Waals surface area contributed by atoms with Crippen LogP contribution in [-0.4, -0.2) is 35.1 Å². The van der Waals surface area contributed by atoms with Crippen molar-refractivity contribution in [3.63, 3.8) is 0 Å². The van der Waals surface area contributed by atoms with Crippen LogP contribution in [0.15, 0.2) is 114 Å². The number of rotatable bonds is 10. The highest BCUT2D eigenvalue weighted by Crippen LogP contribution is 2.26. The van der Waals surface area contributed by atoms with Gasteiger partial charge in [0.2, 0.25) is 5.91 Å². The highest BCUT2D eigenvalue weighted by Gasteiger charge is 2.17. The van der Waals surface area contributed by atoms with Crippen molar-refractivity contribution in [2.24, 2.45) is 0 Å². The van der Waals surface area contributed by atoms with Crippen LogP contribution in [0.25, 0.3) is 6.08 Å². The van der Waals surface area contributed by atoms with Crippen LogP contribution in [0.4, 0.5) is 11.4 Å². The van der Waals surface area contributed by atoms with Gasteiger partial charge in [0.05, 0.1) is 12.4 Å². The Labute approximate surface area is 236 Å². The third-order valence-electron chi connectivity index (χ3n) is 5.68. The molecule has 3 aromatic carbocycles. The molecule has 1 atom stereocenters. The quantitative estimate of drug-likeness (QED) is 0.174. The fourth-order valence-electron chi connectivity index (χ4n) is 3.59. The van der Waals surface area contributed by atoms with Gasteiger partial charge in [0.15, 0.2) is 0 Å². The average molecular weight is 553 g/mol. The fourth-order valence-corrected chi connectivity index (χ4v) is 4.46. The molecule has 0 radical (unpaired) electrons. The van der Waals surface area contributed by atoms with Crippen molar-refractivity contribution in [3.8, 4) is 5.75 Å². The molecule has 9 heteroatoms. The summed E-state index contributed by atoms with van der Waals surface area (Å²) in [6.45, 7) is 1.82. The number of thioether (sulfide) groups is 1. The van der Waals surface area contributed by atoms with E-state index in [2.05, 4.69) is 20.9 Å². The van der Waals surface area contributed by atoms with E-state index in [1.165, 1.54) is 11.8 Å². The van der Waals surface area contributed by atoms with Crippen molar-refractivity contribution in [2.75, 3.05) is 17.7 Å². The van der Waals surface area contributed by atoms with Gasteiger partial charge in [-0.15, -0.1) is 11.8 Å². The van der Waals surface area contributed by atoms with Gasteiger partial charge in [0.1, 0.15) is 11.4 Å². The van der Waals surface area contributed by atoms with Crippen molar-refractivity contribution in [1.82, 2.24) is 10.3 Å². The molecule has 1 unspecified atom stereocenters. The molecule has 3 amide bonds. The molecule has 0 fully saturated rings. The molecule has 0 saturated carbocycles. The fraction of sp³-hybridized carbons (Fsp3) is 0.0968. The van der Waals surface area contributed by atoms with Gasteiger partial charge in [-0.05, 0) is 79.2 Å². The maximum Gasteiger partial charge on any atom is 0.272 e. The number of nitrogens with one attached hydrogen (secondary N) is 3. The lowest BCUT2D eigenvalue weighted by Crippen LogP contribution is -2.30. The average Bonchev–Trinajstić information content (AvgIpc) is 2.98. The monoisotopic (exact) mass is 552 g/mol. The van der Waals surface area contributed by atoms with Crippen LogP contribution in [-0.2, 0) is 9.59 Å². The largest absolute Gasteiger partial charge is 0.497 e. The number of hydrogen-bond acceptors (Lipinski definition) is 6. The van der Waals surface area contributed by atoms with Gasteiger partial charge in [-0.2, -0.15) is 0 Å². The number of hydrogen-bond donors (Lipinski definition) is 3. The van der Waals surface area contributed by atoms with Crippen molar-refractivity contribution in [2.45, 2.75) is 17.1 Å². The second kappa shape index (κ2) is 13.8. The first-order chi connectivity index (χ1) is 19.4. The Morgan fingerprint density at radius 2 is 1.55 bits per heavy atom. The minimum absolute atomic E-state index is 0.0713. The number of benzene rings is 3. The summed E-state index contributed by atoms with van der Waals surface area (Å²) in [4.78, 5) is 43.5. The van der Waals surface area contributed by atoms with Crippen molar-refractivity contribution in [3.05, 3.63) is 120 Å². The normalized spacial score (nSPS) is 11.7. The molecular formula is C31H28N4O4S. The topological polar surface area (TPSA) is 109 Å². The van der Waals surface area contributed by atoms with Crippen molar-refractivity contribution >= 4 is 46.9 Å². The first-order valence-electron chi connectivity index (χ1n) is 12.4. The predicted molar refractivity (Wildman–Crippen MR) is 158 cm³/mol. The van der Waals surface area contributed by atoms with E-state index in [4.69, 9.17) is 4.74 Å². The summed E-state index contributed by atoms with van der Waals surface area (Å²) in [6, 6.07) is 26.4. The third-order valence-corrected chi connectivity index (χ3v) is 6.79. The van der Waals surface area contributed by atoms with Crippen LogP contribution in [0.1, 0.15) is 22.8 Å². The first-order valence-corrected chi connectivity index (χ1v) is 13.3. The molecule has 0 bridgehead atoms. The number of pyridine rings is 1. The Morgan fingerprint density at radius 1 is 0.850 bits per heavy atom. The molecular weight excluding hydrogens is 524 g/mol. The molecule has 0 aliphatic carbocycles. The maximum atomic E-state index is 13.3.